The van der Waals surface area contributed by atoms with Gasteiger partial charge in [-0.15, -0.1) is 0 Å². The van der Waals surface area contributed by atoms with E-state index in [1.165, 1.54) is 0 Å². The number of hydrogen-bond acceptors (Lipinski definition) is 5. The Morgan fingerprint density at radius 3 is 2.41 bits per heavy atom. The third-order valence-electron chi connectivity index (χ3n) is 5.44. The standard InChI is InChI=1S/C26H32N2O4/c1-26(2,3)24(30)21-22(28(15-14-27(4)5)25(31)23(21)29)19-12-9-13-20(16-19)32-17-18-10-7-6-8-11-18/h6-13,16,22,29H,14-15,17H2,1-5H3. The molecule has 1 aliphatic rings. The van der Waals surface area contributed by atoms with Crippen LogP contribution in [0.3, 0.4) is 0 Å². The summed E-state index contributed by atoms with van der Waals surface area (Å²) in [4.78, 5) is 29.7. The summed E-state index contributed by atoms with van der Waals surface area (Å²) in [6.07, 6.45) is 0. The molecule has 1 heterocycles. The van der Waals surface area contributed by atoms with Crippen LogP contribution in [0, 0.1) is 5.41 Å². The second-order valence-electron chi connectivity index (χ2n) is 9.39. The second kappa shape index (κ2) is 9.57. The van der Waals surface area contributed by atoms with E-state index in [-0.39, 0.29) is 11.4 Å². The summed E-state index contributed by atoms with van der Waals surface area (Å²) >= 11 is 0. The minimum atomic E-state index is -0.735. The predicted octanol–water partition coefficient (Wildman–Crippen LogP) is 4.14. The number of benzene rings is 2. The first kappa shape index (κ1) is 23.5. The number of ketones is 1. The third kappa shape index (κ3) is 5.19. The lowest BCUT2D eigenvalue weighted by atomic mass is 9.82. The molecule has 0 aromatic heterocycles. The van der Waals surface area contributed by atoms with Crippen molar-refractivity contribution in [2.75, 3.05) is 27.2 Å². The van der Waals surface area contributed by atoms with Gasteiger partial charge in [0.1, 0.15) is 12.4 Å². The first-order valence-electron chi connectivity index (χ1n) is 10.8. The van der Waals surface area contributed by atoms with Crippen molar-refractivity contribution in [3.63, 3.8) is 0 Å². The zero-order valence-corrected chi connectivity index (χ0v) is 19.5. The van der Waals surface area contributed by atoms with Gasteiger partial charge in [0.05, 0.1) is 11.6 Å². The van der Waals surface area contributed by atoms with E-state index in [1.54, 1.807) is 25.7 Å². The summed E-state index contributed by atoms with van der Waals surface area (Å²) in [5.74, 6) is -0.569. The Bertz CT molecular complexity index is 1010. The summed E-state index contributed by atoms with van der Waals surface area (Å²) in [7, 11) is 3.84. The molecule has 0 saturated carbocycles. The number of carbonyl (C=O) groups is 2. The minimum Gasteiger partial charge on any atom is -0.503 e. The fourth-order valence-corrected chi connectivity index (χ4v) is 3.69. The molecule has 0 radical (unpaired) electrons. The molecule has 0 saturated heterocycles. The summed E-state index contributed by atoms with van der Waals surface area (Å²) in [6, 6.07) is 16.6. The summed E-state index contributed by atoms with van der Waals surface area (Å²) in [5, 5.41) is 10.7. The van der Waals surface area contributed by atoms with Crippen molar-refractivity contribution in [2.45, 2.75) is 33.4 Å². The zero-order valence-electron chi connectivity index (χ0n) is 19.5. The molecule has 1 amide bonds. The number of hydrogen-bond donors (Lipinski definition) is 1. The molecule has 0 fully saturated rings. The first-order chi connectivity index (χ1) is 15.1. The van der Waals surface area contributed by atoms with Crippen LogP contribution in [0.25, 0.3) is 0 Å². The molecule has 6 heteroatoms. The van der Waals surface area contributed by atoms with Crippen molar-refractivity contribution in [3.8, 4) is 5.75 Å². The van der Waals surface area contributed by atoms with E-state index in [0.29, 0.717) is 25.4 Å². The van der Waals surface area contributed by atoms with Gasteiger partial charge in [0, 0.05) is 18.5 Å². The molecular formula is C26H32N2O4. The van der Waals surface area contributed by atoms with Gasteiger partial charge in [-0.2, -0.15) is 0 Å². The third-order valence-corrected chi connectivity index (χ3v) is 5.44. The number of carbonyl (C=O) groups excluding carboxylic acids is 2. The summed E-state index contributed by atoms with van der Waals surface area (Å²) in [5.41, 5.74) is 1.20. The Morgan fingerprint density at radius 2 is 1.78 bits per heavy atom. The van der Waals surface area contributed by atoms with Crippen LogP contribution in [-0.4, -0.2) is 53.8 Å². The average Bonchev–Trinajstić information content (AvgIpc) is 3.00. The number of rotatable bonds is 8. The van der Waals surface area contributed by atoms with E-state index < -0.39 is 23.1 Å². The number of Topliss-reactive ketones (excluding diaryl/α,β-unsaturated/α-hetero) is 1. The fourth-order valence-electron chi connectivity index (χ4n) is 3.69. The number of nitrogens with zero attached hydrogens (tertiary/aromatic N) is 2. The van der Waals surface area contributed by atoms with Crippen molar-refractivity contribution in [1.82, 2.24) is 9.80 Å². The molecule has 6 nitrogen and oxygen atoms in total. The topological polar surface area (TPSA) is 70.1 Å². The van der Waals surface area contributed by atoms with Crippen molar-refractivity contribution >= 4 is 11.7 Å². The maximum absolute atomic E-state index is 13.2. The molecule has 1 atom stereocenters. The van der Waals surface area contributed by atoms with E-state index >= 15 is 0 Å². The normalized spacial score (nSPS) is 16.8. The first-order valence-corrected chi connectivity index (χ1v) is 10.8. The second-order valence-corrected chi connectivity index (χ2v) is 9.39. The van der Waals surface area contributed by atoms with Crippen LogP contribution in [0.15, 0.2) is 65.9 Å². The molecule has 1 N–H and O–H groups in total. The van der Waals surface area contributed by atoms with Crippen LogP contribution in [0.4, 0.5) is 0 Å². The Hall–Kier alpha value is -3.12. The Kier molecular flexibility index (Phi) is 7.04. The number of aliphatic hydroxyl groups is 1. The van der Waals surface area contributed by atoms with Crippen molar-refractivity contribution in [2.24, 2.45) is 5.41 Å². The number of amides is 1. The number of aliphatic hydroxyl groups excluding tert-OH is 1. The maximum atomic E-state index is 13.2. The molecule has 3 rings (SSSR count). The van der Waals surface area contributed by atoms with Crippen LogP contribution in [0.1, 0.15) is 37.9 Å². The molecule has 0 spiro atoms. The van der Waals surface area contributed by atoms with E-state index in [9.17, 15) is 14.7 Å². The molecule has 2 aromatic carbocycles. The highest BCUT2D eigenvalue weighted by Crippen LogP contribution is 2.41. The van der Waals surface area contributed by atoms with Crippen LogP contribution in [0.5, 0.6) is 5.75 Å². The molecule has 32 heavy (non-hydrogen) atoms. The maximum Gasteiger partial charge on any atom is 0.290 e. The van der Waals surface area contributed by atoms with E-state index in [2.05, 4.69) is 0 Å². The Labute approximate surface area is 190 Å². The van der Waals surface area contributed by atoms with Gasteiger partial charge in [0.25, 0.3) is 5.91 Å². The highest BCUT2D eigenvalue weighted by atomic mass is 16.5. The Balaban J connectivity index is 1.96. The SMILES string of the molecule is CN(C)CCN1C(=O)C(O)=C(C(=O)C(C)(C)C)C1c1cccc(OCc2ccccc2)c1. The zero-order chi connectivity index (χ0) is 23.5. The van der Waals surface area contributed by atoms with Crippen LogP contribution < -0.4 is 4.74 Å². The van der Waals surface area contributed by atoms with E-state index in [0.717, 1.165) is 11.1 Å². The van der Waals surface area contributed by atoms with Crippen LogP contribution >= 0.6 is 0 Å². The quantitative estimate of drug-likeness (QED) is 0.674. The minimum absolute atomic E-state index is 0.154. The molecule has 170 valence electrons. The van der Waals surface area contributed by atoms with Gasteiger partial charge >= 0.3 is 0 Å². The fraction of sp³-hybridized carbons (Fsp3) is 0.385. The smallest absolute Gasteiger partial charge is 0.290 e. The molecule has 1 unspecified atom stereocenters. The number of likely N-dealkylation sites (N-methyl/N-ethyl adjacent to an activating group) is 1. The molecule has 1 aliphatic heterocycles. The van der Waals surface area contributed by atoms with E-state index in [1.807, 2.05) is 73.6 Å². The van der Waals surface area contributed by atoms with Gasteiger partial charge in [-0.05, 0) is 37.4 Å². The summed E-state index contributed by atoms with van der Waals surface area (Å²) < 4.78 is 5.97. The lowest BCUT2D eigenvalue weighted by molar-refractivity contribution is -0.129. The van der Waals surface area contributed by atoms with Gasteiger partial charge in [-0.1, -0.05) is 63.2 Å². The van der Waals surface area contributed by atoms with Gasteiger partial charge < -0.3 is 19.6 Å². The molecular weight excluding hydrogens is 404 g/mol. The number of ether oxygens (including phenoxy) is 1. The van der Waals surface area contributed by atoms with Crippen LogP contribution in [-0.2, 0) is 16.2 Å². The van der Waals surface area contributed by atoms with Gasteiger partial charge in [0.15, 0.2) is 11.5 Å². The monoisotopic (exact) mass is 436 g/mol. The highest BCUT2D eigenvalue weighted by Gasteiger charge is 2.45. The van der Waals surface area contributed by atoms with Crippen molar-refractivity contribution in [3.05, 3.63) is 77.1 Å². The Morgan fingerprint density at radius 1 is 1.09 bits per heavy atom. The molecule has 0 bridgehead atoms. The summed E-state index contributed by atoms with van der Waals surface area (Å²) in [6.45, 7) is 6.78. The molecule has 2 aromatic rings. The van der Waals surface area contributed by atoms with Crippen molar-refractivity contribution in [1.29, 1.82) is 0 Å². The van der Waals surface area contributed by atoms with Crippen molar-refractivity contribution < 1.29 is 19.4 Å². The average molecular weight is 437 g/mol. The predicted molar refractivity (Wildman–Crippen MR) is 124 cm³/mol. The van der Waals surface area contributed by atoms with Gasteiger partial charge in [0.2, 0.25) is 0 Å². The van der Waals surface area contributed by atoms with E-state index in [4.69, 9.17) is 4.74 Å². The van der Waals surface area contributed by atoms with Crippen LogP contribution in [0.2, 0.25) is 0 Å². The van der Waals surface area contributed by atoms with Gasteiger partial charge in [-0.3, -0.25) is 9.59 Å². The largest absolute Gasteiger partial charge is 0.503 e. The lowest BCUT2D eigenvalue weighted by Gasteiger charge is -2.30. The van der Waals surface area contributed by atoms with Gasteiger partial charge in [-0.25, -0.2) is 0 Å². The molecule has 0 aliphatic carbocycles. The highest BCUT2D eigenvalue weighted by molar-refractivity contribution is 6.10. The lowest BCUT2D eigenvalue weighted by Crippen LogP contribution is -2.37.